The van der Waals surface area contributed by atoms with Gasteiger partial charge in [-0.05, 0) is 0 Å². The molecule has 2 heterocycles. The van der Waals surface area contributed by atoms with Crippen LogP contribution in [0.15, 0.2) is 0 Å². The first-order chi connectivity index (χ1) is 6.18. The normalized spacial score (nSPS) is 43.2. The van der Waals surface area contributed by atoms with Gasteiger partial charge in [-0.1, -0.05) is 0 Å². The SMILES string of the molecule is O=[N+](O)O[C@@H]1CO[C@H]2[C@@H]1OC[C@@H]2O. The number of rotatable bonds is 2. The van der Waals surface area contributed by atoms with Crippen molar-refractivity contribution in [3.8, 4) is 0 Å². The summed E-state index contributed by atoms with van der Waals surface area (Å²) >= 11 is 0. The second-order valence-electron chi connectivity index (χ2n) is 3.04. The first kappa shape index (κ1) is 8.67. The first-order valence-electron chi connectivity index (χ1n) is 3.92. The van der Waals surface area contributed by atoms with Gasteiger partial charge in [-0.2, -0.15) is 4.84 Å². The van der Waals surface area contributed by atoms with E-state index in [9.17, 15) is 10.0 Å². The van der Waals surface area contributed by atoms with E-state index in [2.05, 4.69) is 4.84 Å². The molecule has 0 amide bonds. The lowest BCUT2D eigenvalue weighted by Gasteiger charge is -2.09. The molecule has 0 aromatic rings. The largest absolute Gasteiger partial charge is 0.475 e. The molecule has 4 atom stereocenters. The van der Waals surface area contributed by atoms with Crippen molar-refractivity contribution in [3.05, 3.63) is 4.91 Å². The second-order valence-corrected chi connectivity index (χ2v) is 3.04. The van der Waals surface area contributed by atoms with Gasteiger partial charge in [-0.3, -0.25) is 0 Å². The summed E-state index contributed by atoms with van der Waals surface area (Å²) in [5.41, 5.74) is 0. The van der Waals surface area contributed by atoms with E-state index in [0.29, 0.717) is 0 Å². The molecule has 2 saturated heterocycles. The van der Waals surface area contributed by atoms with E-state index in [1.165, 1.54) is 0 Å². The molecule has 0 bridgehead atoms. The van der Waals surface area contributed by atoms with Gasteiger partial charge in [-0.25, -0.2) is 5.21 Å². The molecule has 0 saturated carbocycles. The molecule has 2 aliphatic heterocycles. The predicted octanol–water partition coefficient (Wildman–Crippen LogP) is -1.39. The smallest absolute Gasteiger partial charge is 0.388 e. The van der Waals surface area contributed by atoms with Crippen molar-refractivity contribution in [2.24, 2.45) is 0 Å². The van der Waals surface area contributed by atoms with Crippen LogP contribution >= 0.6 is 0 Å². The van der Waals surface area contributed by atoms with Crippen molar-refractivity contribution < 1.29 is 29.7 Å². The molecule has 0 aromatic heterocycles. The fourth-order valence-electron chi connectivity index (χ4n) is 1.65. The third kappa shape index (κ3) is 1.45. The van der Waals surface area contributed by atoms with Crippen molar-refractivity contribution in [2.45, 2.75) is 24.4 Å². The Labute approximate surface area is 73.3 Å². The predicted molar refractivity (Wildman–Crippen MR) is 35.8 cm³/mol. The van der Waals surface area contributed by atoms with Crippen LogP contribution in [0.4, 0.5) is 0 Å². The lowest BCUT2D eigenvalue weighted by atomic mass is 10.1. The summed E-state index contributed by atoms with van der Waals surface area (Å²) in [5.74, 6) is 0. The van der Waals surface area contributed by atoms with Gasteiger partial charge < -0.3 is 14.6 Å². The van der Waals surface area contributed by atoms with E-state index >= 15 is 0 Å². The van der Waals surface area contributed by atoms with E-state index in [1.54, 1.807) is 0 Å². The molecule has 2 rings (SSSR count). The summed E-state index contributed by atoms with van der Waals surface area (Å²) in [6.07, 6.45) is -2.26. The molecule has 13 heavy (non-hydrogen) atoms. The highest BCUT2D eigenvalue weighted by Crippen LogP contribution is 2.28. The molecule has 2 aliphatic rings. The van der Waals surface area contributed by atoms with E-state index in [1.807, 2.05) is 0 Å². The maximum Gasteiger partial charge on any atom is 0.475 e. The van der Waals surface area contributed by atoms with Gasteiger partial charge in [0.05, 0.1) is 13.2 Å². The molecule has 74 valence electrons. The summed E-state index contributed by atoms with van der Waals surface area (Å²) in [6, 6.07) is 0. The molecular formula is C6H10NO6+. The fourth-order valence-corrected chi connectivity index (χ4v) is 1.65. The van der Waals surface area contributed by atoms with Crippen molar-refractivity contribution in [1.82, 2.24) is 0 Å². The van der Waals surface area contributed by atoms with Gasteiger partial charge in [0, 0.05) is 0 Å². The molecule has 2 fully saturated rings. The molecule has 0 spiro atoms. The Morgan fingerprint density at radius 3 is 2.69 bits per heavy atom. The third-order valence-corrected chi connectivity index (χ3v) is 2.21. The maximum absolute atomic E-state index is 10.1. The molecule has 0 aromatic carbocycles. The summed E-state index contributed by atoms with van der Waals surface area (Å²) in [5, 5.41) is 17.0. The van der Waals surface area contributed by atoms with Crippen LogP contribution in [0, 0.1) is 4.91 Å². The fraction of sp³-hybridized carbons (Fsp3) is 1.00. The Bertz CT molecular complexity index is 221. The van der Waals surface area contributed by atoms with Crippen LogP contribution in [-0.4, -0.2) is 53.0 Å². The zero-order valence-electron chi connectivity index (χ0n) is 6.70. The van der Waals surface area contributed by atoms with Crippen LogP contribution in [0.1, 0.15) is 0 Å². The number of ether oxygens (including phenoxy) is 2. The van der Waals surface area contributed by atoms with Crippen LogP contribution in [0.2, 0.25) is 0 Å². The van der Waals surface area contributed by atoms with E-state index < -0.39 is 29.5 Å². The van der Waals surface area contributed by atoms with E-state index in [-0.39, 0.29) is 13.2 Å². The number of nitrogens with zero attached hydrogens (tertiary/aromatic N) is 1. The van der Waals surface area contributed by atoms with E-state index in [4.69, 9.17) is 14.7 Å². The Hall–Kier alpha value is -0.920. The average Bonchev–Trinajstić information content (AvgIpc) is 2.56. The molecule has 0 unspecified atom stereocenters. The lowest BCUT2D eigenvalue weighted by molar-refractivity contribution is -0.982. The van der Waals surface area contributed by atoms with Gasteiger partial charge in [0.2, 0.25) is 6.10 Å². The molecule has 2 N–H and O–H groups in total. The Kier molecular flexibility index (Phi) is 2.06. The number of hydrogen-bond donors (Lipinski definition) is 2. The van der Waals surface area contributed by atoms with Crippen molar-refractivity contribution in [3.63, 3.8) is 0 Å². The minimum Gasteiger partial charge on any atom is -0.388 e. The third-order valence-electron chi connectivity index (χ3n) is 2.21. The topological polar surface area (TPSA) is 88.2 Å². The van der Waals surface area contributed by atoms with Crippen molar-refractivity contribution in [2.75, 3.05) is 13.2 Å². The van der Waals surface area contributed by atoms with Crippen molar-refractivity contribution in [1.29, 1.82) is 0 Å². The van der Waals surface area contributed by atoms with Crippen molar-refractivity contribution >= 4 is 0 Å². The van der Waals surface area contributed by atoms with Crippen LogP contribution in [-0.2, 0) is 14.3 Å². The number of aliphatic hydroxyl groups excluding tert-OH is 1. The molecule has 0 radical (unpaired) electrons. The van der Waals surface area contributed by atoms with Crippen LogP contribution < -0.4 is 0 Å². The van der Waals surface area contributed by atoms with Gasteiger partial charge >= 0.3 is 5.09 Å². The van der Waals surface area contributed by atoms with Gasteiger partial charge in [0.1, 0.15) is 23.2 Å². The summed E-state index contributed by atoms with van der Waals surface area (Å²) in [7, 11) is 0. The molecular weight excluding hydrogens is 182 g/mol. The summed E-state index contributed by atoms with van der Waals surface area (Å²) < 4.78 is 10.3. The highest BCUT2D eigenvalue weighted by molar-refractivity contribution is 4.94. The Morgan fingerprint density at radius 1 is 1.31 bits per heavy atom. The average molecular weight is 192 g/mol. The molecule has 7 heteroatoms. The maximum atomic E-state index is 10.1. The summed E-state index contributed by atoms with van der Waals surface area (Å²) in [6.45, 7) is 0.297. The number of hydrogen-bond acceptors (Lipinski definition) is 5. The zero-order chi connectivity index (χ0) is 9.42. The van der Waals surface area contributed by atoms with Gasteiger partial charge in [-0.15, -0.1) is 0 Å². The minimum atomic E-state index is -0.683. The Balaban J connectivity index is 1.98. The van der Waals surface area contributed by atoms with Crippen LogP contribution in [0.3, 0.4) is 0 Å². The first-order valence-corrected chi connectivity index (χ1v) is 3.92. The number of aliphatic hydroxyl groups is 1. The Morgan fingerprint density at radius 2 is 2.00 bits per heavy atom. The highest BCUT2D eigenvalue weighted by atomic mass is 17.0. The lowest BCUT2D eigenvalue weighted by Crippen LogP contribution is -2.34. The van der Waals surface area contributed by atoms with E-state index in [0.717, 1.165) is 0 Å². The van der Waals surface area contributed by atoms with Gasteiger partial charge in [0.25, 0.3) is 0 Å². The molecule has 0 aliphatic carbocycles. The van der Waals surface area contributed by atoms with Gasteiger partial charge in [0.15, 0.2) is 0 Å². The number of fused-ring (bicyclic) bond motifs is 1. The monoisotopic (exact) mass is 192 g/mol. The minimum absolute atomic E-state index is 0.131. The quantitative estimate of drug-likeness (QED) is 0.524. The second kappa shape index (κ2) is 3.09. The molecule has 7 nitrogen and oxygen atoms in total. The van der Waals surface area contributed by atoms with Crippen LogP contribution in [0.5, 0.6) is 0 Å². The highest BCUT2D eigenvalue weighted by Gasteiger charge is 2.51. The van der Waals surface area contributed by atoms with Crippen LogP contribution in [0.25, 0.3) is 0 Å². The standard InChI is InChI=1S/C6H10NO6/c8-3-1-11-6-4(13-7(9)10)2-12-5(3)6/h3-6,8H,1-2H2,(H,9,10)/q+1/t3-,4+,5+,6+/m0/s1. The summed E-state index contributed by atoms with van der Waals surface area (Å²) in [4.78, 5) is 14.6. The zero-order valence-corrected chi connectivity index (χ0v) is 6.70.